The summed E-state index contributed by atoms with van der Waals surface area (Å²) in [6.45, 7) is 3.80. The molecule has 0 N–H and O–H groups in total. The Labute approximate surface area is 96.6 Å². The van der Waals surface area contributed by atoms with E-state index >= 15 is 0 Å². The molecule has 2 rings (SSSR count). The quantitative estimate of drug-likeness (QED) is 0.726. The summed E-state index contributed by atoms with van der Waals surface area (Å²) in [6, 6.07) is 10.2. The summed E-state index contributed by atoms with van der Waals surface area (Å²) in [7, 11) is 0. The summed E-state index contributed by atoms with van der Waals surface area (Å²) in [5.74, 6) is -0.0219. The Kier molecular flexibility index (Phi) is 2.99. The Morgan fingerprint density at radius 3 is 2.44 bits per heavy atom. The molecule has 1 aromatic rings. The minimum Gasteiger partial charge on any atom is -0.463 e. The molecule has 0 bridgehead atoms. The highest BCUT2D eigenvalue weighted by Crippen LogP contribution is 2.49. The van der Waals surface area contributed by atoms with E-state index in [-0.39, 0.29) is 17.5 Å². The van der Waals surface area contributed by atoms with Gasteiger partial charge in [0.25, 0.3) is 0 Å². The first-order valence-electron chi connectivity index (χ1n) is 5.87. The van der Waals surface area contributed by atoms with Crippen molar-refractivity contribution in [3.05, 3.63) is 35.9 Å². The summed E-state index contributed by atoms with van der Waals surface area (Å²) in [5, 5.41) is 0. The van der Waals surface area contributed by atoms with E-state index in [4.69, 9.17) is 4.74 Å². The van der Waals surface area contributed by atoms with E-state index in [0.29, 0.717) is 0 Å². The molecule has 0 aromatic heterocycles. The molecule has 1 aliphatic rings. The standard InChI is InChI=1S/C14H18O2/c1-11(2)16-13(15)14(8-9-14)10-12-6-4-3-5-7-12/h3-7,11H,8-10H2,1-2H3. The molecule has 1 fully saturated rings. The van der Waals surface area contributed by atoms with Crippen molar-refractivity contribution in [1.82, 2.24) is 0 Å². The van der Waals surface area contributed by atoms with Crippen molar-refractivity contribution in [2.45, 2.75) is 39.2 Å². The van der Waals surface area contributed by atoms with Crippen LogP contribution in [0.3, 0.4) is 0 Å². The van der Waals surface area contributed by atoms with Gasteiger partial charge in [-0.25, -0.2) is 0 Å². The predicted molar refractivity (Wildman–Crippen MR) is 63.0 cm³/mol. The van der Waals surface area contributed by atoms with Crippen LogP contribution in [0.1, 0.15) is 32.3 Å². The Morgan fingerprint density at radius 2 is 1.94 bits per heavy atom. The number of carbonyl (C=O) groups is 1. The number of esters is 1. The molecule has 0 radical (unpaired) electrons. The van der Waals surface area contributed by atoms with Crippen LogP contribution in [0.2, 0.25) is 0 Å². The van der Waals surface area contributed by atoms with Crippen molar-refractivity contribution in [2.75, 3.05) is 0 Å². The molecule has 1 aliphatic carbocycles. The normalized spacial score (nSPS) is 17.2. The fraction of sp³-hybridized carbons (Fsp3) is 0.500. The van der Waals surface area contributed by atoms with E-state index in [1.807, 2.05) is 32.0 Å². The maximum Gasteiger partial charge on any atom is 0.312 e. The van der Waals surface area contributed by atoms with Crippen LogP contribution in [0.4, 0.5) is 0 Å². The molecule has 1 aromatic carbocycles. The van der Waals surface area contributed by atoms with Crippen LogP contribution in [-0.4, -0.2) is 12.1 Å². The van der Waals surface area contributed by atoms with Crippen LogP contribution in [-0.2, 0) is 16.0 Å². The molecule has 2 nitrogen and oxygen atoms in total. The first kappa shape index (κ1) is 11.2. The van der Waals surface area contributed by atoms with Gasteiger partial charge in [-0.2, -0.15) is 0 Å². The summed E-state index contributed by atoms with van der Waals surface area (Å²) in [5.41, 5.74) is 1.01. The lowest BCUT2D eigenvalue weighted by Gasteiger charge is -2.16. The van der Waals surface area contributed by atoms with Crippen LogP contribution in [0.5, 0.6) is 0 Å². The molecule has 86 valence electrons. The van der Waals surface area contributed by atoms with Crippen LogP contribution >= 0.6 is 0 Å². The number of rotatable bonds is 4. The van der Waals surface area contributed by atoms with Gasteiger partial charge in [0.2, 0.25) is 0 Å². The molecular formula is C14H18O2. The lowest BCUT2D eigenvalue weighted by molar-refractivity contribution is -0.154. The third-order valence-corrected chi connectivity index (χ3v) is 3.01. The largest absolute Gasteiger partial charge is 0.463 e. The van der Waals surface area contributed by atoms with Gasteiger partial charge in [-0.05, 0) is 38.7 Å². The van der Waals surface area contributed by atoms with Crippen LogP contribution in [0, 0.1) is 5.41 Å². The molecule has 0 saturated heterocycles. The van der Waals surface area contributed by atoms with Crippen molar-refractivity contribution < 1.29 is 9.53 Å². The zero-order chi connectivity index (χ0) is 11.6. The molecule has 0 aliphatic heterocycles. The van der Waals surface area contributed by atoms with Gasteiger partial charge < -0.3 is 4.74 Å². The van der Waals surface area contributed by atoms with Gasteiger partial charge in [0.05, 0.1) is 11.5 Å². The second-order valence-electron chi connectivity index (χ2n) is 4.90. The molecular weight excluding hydrogens is 200 g/mol. The van der Waals surface area contributed by atoms with Gasteiger partial charge in [-0.15, -0.1) is 0 Å². The van der Waals surface area contributed by atoms with E-state index in [0.717, 1.165) is 19.3 Å². The summed E-state index contributed by atoms with van der Waals surface area (Å²) in [4.78, 5) is 11.9. The van der Waals surface area contributed by atoms with Gasteiger partial charge in [0.15, 0.2) is 0 Å². The maximum absolute atomic E-state index is 11.9. The van der Waals surface area contributed by atoms with E-state index in [1.54, 1.807) is 0 Å². The number of ether oxygens (including phenoxy) is 1. The Hall–Kier alpha value is -1.31. The van der Waals surface area contributed by atoms with Gasteiger partial charge in [0, 0.05) is 0 Å². The molecule has 0 atom stereocenters. The van der Waals surface area contributed by atoms with Crippen molar-refractivity contribution in [3.63, 3.8) is 0 Å². The number of hydrogen-bond acceptors (Lipinski definition) is 2. The van der Waals surface area contributed by atoms with Crippen molar-refractivity contribution in [2.24, 2.45) is 5.41 Å². The topological polar surface area (TPSA) is 26.3 Å². The molecule has 16 heavy (non-hydrogen) atoms. The fourth-order valence-corrected chi connectivity index (χ4v) is 1.93. The van der Waals surface area contributed by atoms with Gasteiger partial charge in [0.1, 0.15) is 0 Å². The third kappa shape index (κ3) is 2.43. The average molecular weight is 218 g/mol. The van der Waals surface area contributed by atoms with E-state index in [2.05, 4.69) is 12.1 Å². The fourth-order valence-electron chi connectivity index (χ4n) is 1.93. The summed E-state index contributed by atoms with van der Waals surface area (Å²) >= 11 is 0. The Balaban J connectivity index is 2.01. The minimum atomic E-state index is -0.217. The average Bonchev–Trinajstić information content (AvgIpc) is 2.99. The first-order valence-corrected chi connectivity index (χ1v) is 5.87. The molecule has 2 heteroatoms. The lowest BCUT2D eigenvalue weighted by Crippen LogP contribution is -2.24. The van der Waals surface area contributed by atoms with Crippen molar-refractivity contribution >= 4 is 5.97 Å². The first-order chi connectivity index (χ1) is 7.62. The maximum atomic E-state index is 11.9. The molecule has 0 unspecified atom stereocenters. The highest BCUT2D eigenvalue weighted by Gasteiger charge is 2.51. The smallest absolute Gasteiger partial charge is 0.312 e. The minimum absolute atomic E-state index is 0.0132. The highest BCUT2D eigenvalue weighted by atomic mass is 16.5. The Morgan fingerprint density at radius 1 is 1.31 bits per heavy atom. The monoisotopic (exact) mass is 218 g/mol. The molecule has 0 heterocycles. The zero-order valence-corrected chi connectivity index (χ0v) is 9.90. The van der Waals surface area contributed by atoms with E-state index in [9.17, 15) is 4.79 Å². The van der Waals surface area contributed by atoms with E-state index < -0.39 is 0 Å². The van der Waals surface area contributed by atoms with Gasteiger partial charge in [-0.1, -0.05) is 30.3 Å². The van der Waals surface area contributed by atoms with Crippen molar-refractivity contribution in [3.8, 4) is 0 Å². The van der Waals surface area contributed by atoms with Crippen LogP contribution in [0.25, 0.3) is 0 Å². The second-order valence-corrected chi connectivity index (χ2v) is 4.90. The number of hydrogen-bond donors (Lipinski definition) is 0. The molecule has 1 saturated carbocycles. The van der Waals surface area contributed by atoms with Crippen LogP contribution < -0.4 is 0 Å². The Bertz CT molecular complexity index is 364. The molecule has 0 amide bonds. The van der Waals surface area contributed by atoms with E-state index in [1.165, 1.54) is 5.56 Å². The SMILES string of the molecule is CC(C)OC(=O)C1(Cc2ccccc2)CC1. The number of carbonyl (C=O) groups excluding carboxylic acids is 1. The van der Waals surface area contributed by atoms with Crippen LogP contribution in [0.15, 0.2) is 30.3 Å². The van der Waals surface area contributed by atoms with Gasteiger partial charge in [-0.3, -0.25) is 4.79 Å². The predicted octanol–water partition coefficient (Wildman–Crippen LogP) is 2.96. The zero-order valence-electron chi connectivity index (χ0n) is 9.90. The second kappa shape index (κ2) is 4.28. The molecule has 0 spiro atoms. The highest BCUT2D eigenvalue weighted by molar-refractivity contribution is 5.80. The summed E-state index contributed by atoms with van der Waals surface area (Å²) < 4.78 is 5.31. The lowest BCUT2D eigenvalue weighted by atomic mass is 9.97. The number of benzene rings is 1. The van der Waals surface area contributed by atoms with Crippen molar-refractivity contribution in [1.29, 1.82) is 0 Å². The van der Waals surface area contributed by atoms with Gasteiger partial charge >= 0.3 is 5.97 Å². The third-order valence-electron chi connectivity index (χ3n) is 3.01. The summed E-state index contributed by atoms with van der Waals surface area (Å²) in [6.07, 6.45) is 2.74.